The number of nitrogens with zero attached hydrogens (tertiary/aromatic N) is 1. The molecule has 1 saturated carbocycles. The summed E-state index contributed by atoms with van der Waals surface area (Å²) in [5.41, 5.74) is 7.55. The average Bonchev–Trinajstić information content (AvgIpc) is 3.32. The van der Waals surface area contributed by atoms with Crippen molar-refractivity contribution in [3.8, 4) is 0 Å². The van der Waals surface area contributed by atoms with Crippen LogP contribution in [0.1, 0.15) is 44.6 Å². The number of hydrogen-bond donors (Lipinski definition) is 2. The van der Waals surface area contributed by atoms with Crippen LogP contribution in [0.4, 0.5) is 10.5 Å². The molecule has 120 valence electrons. The van der Waals surface area contributed by atoms with Crippen LogP contribution in [-0.4, -0.2) is 25.1 Å². The van der Waals surface area contributed by atoms with E-state index in [2.05, 4.69) is 10.3 Å². The molecule has 0 bridgehead atoms. The standard InChI is InChI=1S/C17H25N3O2/c1-2-19-15-10-8-14(9-11-15)16(18)20-17(21)22-12-4-3-5-13-6-7-13/h8-11,13,19H,2-7,12H2,1H3,(H2,18,20,21). The molecular weight excluding hydrogens is 278 g/mol. The van der Waals surface area contributed by atoms with Gasteiger partial charge in [0.15, 0.2) is 0 Å². The minimum atomic E-state index is -0.611. The van der Waals surface area contributed by atoms with Gasteiger partial charge < -0.3 is 15.8 Å². The number of amides is 1. The molecule has 1 amide bonds. The summed E-state index contributed by atoms with van der Waals surface area (Å²) in [6.45, 7) is 3.31. The molecule has 1 aliphatic rings. The Bertz CT molecular complexity index is 507. The van der Waals surface area contributed by atoms with Crippen LogP contribution >= 0.6 is 0 Å². The quantitative estimate of drug-likeness (QED) is 0.437. The van der Waals surface area contributed by atoms with Crippen LogP contribution < -0.4 is 11.1 Å². The molecule has 0 heterocycles. The fourth-order valence-electron chi connectivity index (χ4n) is 2.26. The summed E-state index contributed by atoms with van der Waals surface area (Å²) in [5.74, 6) is 1.11. The zero-order chi connectivity index (χ0) is 15.8. The number of anilines is 1. The first kappa shape index (κ1) is 16.3. The lowest BCUT2D eigenvalue weighted by molar-refractivity contribution is 0.154. The smallest absolute Gasteiger partial charge is 0.435 e. The van der Waals surface area contributed by atoms with Crippen molar-refractivity contribution in [2.45, 2.75) is 39.0 Å². The van der Waals surface area contributed by atoms with Crippen molar-refractivity contribution in [3.63, 3.8) is 0 Å². The molecule has 1 aromatic rings. The van der Waals surface area contributed by atoms with Crippen LogP contribution in [0.25, 0.3) is 0 Å². The van der Waals surface area contributed by atoms with E-state index in [0.717, 1.165) is 31.0 Å². The SMILES string of the molecule is CCNc1ccc(/C(N)=N/C(=O)OCCCCC2CC2)cc1. The van der Waals surface area contributed by atoms with Crippen molar-refractivity contribution in [2.24, 2.45) is 16.6 Å². The Labute approximate surface area is 132 Å². The minimum absolute atomic E-state index is 0.186. The van der Waals surface area contributed by atoms with Gasteiger partial charge in [0.1, 0.15) is 5.84 Å². The highest BCUT2D eigenvalue weighted by atomic mass is 16.5. The fraction of sp³-hybridized carbons (Fsp3) is 0.529. The molecule has 1 fully saturated rings. The molecule has 5 heteroatoms. The first-order chi connectivity index (χ1) is 10.7. The van der Waals surface area contributed by atoms with Crippen molar-refractivity contribution in [1.29, 1.82) is 0 Å². The highest BCUT2D eigenvalue weighted by Gasteiger charge is 2.19. The third-order valence-corrected chi connectivity index (χ3v) is 3.70. The van der Waals surface area contributed by atoms with E-state index in [9.17, 15) is 4.79 Å². The topological polar surface area (TPSA) is 76.7 Å². The number of carbonyl (C=O) groups is 1. The maximum atomic E-state index is 11.6. The lowest BCUT2D eigenvalue weighted by Gasteiger charge is -2.05. The molecule has 0 radical (unpaired) electrons. The second-order valence-electron chi connectivity index (χ2n) is 5.66. The van der Waals surface area contributed by atoms with Crippen LogP contribution in [0.15, 0.2) is 29.3 Å². The number of hydrogen-bond acceptors (Lipinski definition) is 3. The Balaban J connectivity index is 1.72. The molecule has 5 nitrogen and oxygen atoms in total. The van der Waals surface area contributed by atoms with Crippen LogP contribution in [0.2, 0.25) is 0 Å². The van der Waals surface area contributed by atoms with E-state index in [0.29, 0.717) is 12.2 Å². The Morgan fingerprint density at radius 3 is 2.68 bits per heavy atom. The third kappa shape index (κ3) is 5.76. The molecule has 1 aliphatic carbocycles. The van der Waals surface area contributed by atoms with Crippen LogP contribution in [0.5, 0.6) is 0 Å². The van der Waals surface area contributed by atoms with Crippen molar-refractivity contribution in [2.75, 3.05) is 18.5 Å². The largest absolute Gasteiger partial charge is 0.448 e. The maximum Gasteiger partial charge on any atom is 0.435 e. The monoisotopic (exact) mass is 303 g/mol. The number of ether oxygens (including phenoxy) is 1. The Kier molecular flexibility index (Phi) is 6.25. The highest BCUT2D eigenvalue weighted by molar-refractivity contribution is 6.02. The van der Waals surface area contributed by atoms with Gasteiger partial charge in [-0.15, -0.1) is 0 Å². The summed E-state index contributed by atoms with van der Waals surface area (Å²) in [6, 6.07) is 7.48. The van der Waals surface area contributed by atoms with Gasteiger partial charge in [0, 0.05) is 17.8 Å². The molecule has 2 rings (SSSR count). The molecular formula is C17H25N3O2. The van der Waals surface area contributed by atoms with Gasteiger partial charge in [-0.3, -0.25) is 0 Å². The van der Waals surface area contributed by atoms with Gasteiger partial charge in [-0.05, 0) is 49.9 Å². The summed E-state index contributed by atoms with van der Waals surface area (Å²) in [7, 11) is 0. The average molecular weight is 303 g/mol. The van der Waals surface area contributed by atoms with E-state index in [1.807, 2.05) is 31.2 Å². The molecule has 0 aliphatic heterocycles. The third-order valence-electron chi connectivity index (χ3n) is 3.70. The number of amidine groups is 1. The van der Waals surface area contributed by atoms with Crippen molar-refractivity contribution < 1.29 is 9.53 Å². The molecule has 0 atom stereocenters. The van der Waals surface area contributed by atoms with E-state index in [1.165, 1.54) is 19.3 Å². The molecule has 3 N–H and O–H groups in total. The molecule has 22 heavy (non-hydrogen) atoms. The molecule has 1 aromatic carbocycles. The minimum Gasteiger partial charge on any atom is -0.448 e. The van der Waals surface area contributed by atoms with Crippen LogP contribution in [0, 0.1) is 5.92 Å². The maximum absolute atomic E-state index is 11.6. The number of benzene rings is 1. The second-order valence-corrected chi connectivity index (χ2v) is 5.66. The molecule has 0 saturated heterocycles. The van der Waals surface area contributed by atoms with Gasteiger partial charge in [-0.1, -0.05) is 19.3 Å². The first-order valence-electron chi connectivity index (χ1n) is 8.04. The van der Waals surface area contributed by atoms with Gasteiger partial charge in [0.05, 0.1) is 6.61 Å². The Morgan fingerprint density at radius 1 is 1.32 bits per heavy atom. The lowest BCUT2D eigenvalue weighted by Crippen LogP contribution is -2.16. The first-order valence-corrected chi connectivity index (χ1v) is 8.04. The number of unbranched alkanes of at least 4 members (excludes halogenated alkanes) is 1. The van der Waals surface area contributed by atoms with E-state index in [1.54, 1.807) is 0 Å². The Hall–Kier alpha value is -2.04. The lowest BCUT2D eigenvalue weighted by atomic mass is 10.2. The van der Waals surface area contributed by atoms with Gasteiger partial charge in [0.25, 0.3) is 0 Å². The zero-order valence-electron chi connectivity index (χ0n) is 13.2. The van der Waals surface area contributed by atoms with Gasteiger partial charge in [0.2, 0.25) is 0 Å². The van der Waals surface area contributed by atoms with Crippen molar-refractivity contribution in [1.82, 2.24) is 0 Å². The summed E-state index contributed by atoms with van der Waals surface area (Å²) >= 11 is 0. The second kappa shape index (κ2) is 8.41. The highest BCUT2D eigenvalue weighted by Crippen LogP contribution is 2.33. The summed E-state index contributed by atoms with van der Waals surface area (Å²) in [4.78, 5) is 15.4. The molecule has 0 spiro atoms. The fourth-order valence-corrected chi connectivity index (χ4v) is 2.26. The van der Waals surface area contributed by atoms with Crippen molar-refractivity contribution in [3.05, 3.63) is 29.8 Å². The van der Waals surface area contributed by atoms with Crippen LogP contribution in [0.3, 0.4) is 0 Å². The molecule has 0 aromatic heterocycles. The van der Waals surface area contributed by atoms with Gasteiger partial charge in [-0.2, -0.15) is 4.99 Å². The number of nitrogens with one attached hydrogen (secondary N) is 1. The van der Waals surface area contributed by atoms with Crippen molar-refractivity contribution >= 4 is 17.6 Å². The number of carbonyl (C=O) groups excluding carboxylic acids is 1. The van der Waals surface area contributed by atoms with Gasteiger partial charge >= 0.3 is 6.09 Å². The van der Waals surface area contributed by atoms with E-state index in [4.69, 9.17) is 10.5 Å². The predicted molar refractivity (Wildman–Crippen MR) is 89.3 cm³/mol. The predicted octanol–water partition coefficient (Wildman–Crippen LogP) is 3.54. The number of aliphatic imine (C=N–C) groups is 1. The van der Waals surface area contributed by atoms with E-state index >= 15 is 0 Å². The normalized spacial score (nSPS) is 14.7. The summed E-state index contributed by atoms with van der Waals surface area (Å²) < 4.78 is 5.08. The van der Waals surface area contributed by atoms with Gasteiger partial charge in [-0.25, -0.2) is 4.79 Å². The summed E-state index contributed by atoms with van der Waals surface area (Å²) in [6.07, 6.45) is 5.39. The summed E-state index contributed by atoms with van der Waals surface area (Å²) in [5, 5.41) is 3.19. The van der Waals surface area contributed by atoms with E-state index in [-0.39, 0.29) is 5.84 Å². The zero-order valence-corrected chi connectivity index (χ0v) is 13.2. The molecule has 0 unspecified atom stereocenters. The number of rotatable bonds is 8. The number of nitrogens with two attached hydrogens (primary N) is 1. The Morgan fingerprint density at radius 2 is 2.05 bits per heavy atom. The van der Waals surface area contributed by atoms with Crippen LogP contribution in [-0.2, 0) is 4.74 Å². The van der Waals surface area contributed by atoms with E-state index < -0.39 is 6.09 Å².